The molecule has 2 aliphatic rings. The van der Waals surface area contributed by atoms with Crippen LogP contribution in [0.4, 0.5) is 0 Å². The number of aromatic nitrogens is 3. The highest BCUT2D eigenvalue weighted by molar-refractivity contribution is 6.13. The van der Waals surface area contributed by atoms with Gasteiger partial charge in [0.2, 0.25) is 5.69 Å². The number of benzene rings is 8. The van der Waals surface area contributed by atoms with Crippen molar-refractivity contribution in [3.05, 3.63) is 229 Å². The maximum absolute atomic E-state index is 4.81. The Balaban J connectivity index is 1.09. The summed E-state index contributed by atoms with van der Waals surface area (Å²) in [6.07, 6.45) is 5.15. The first-order chi connectivity index (χ1) is 32.0. The largest absolute Gasteiger partial charge is 0.309 e. The first kappa shape index (κ1) is 37.8. The summed E-state index contributed by atoms with van der Waals surface area (Å²) in [5.41, 5.74) is 21.1. The summed E-state index contributed by atoms with van der Waals surface area (Å²) in [6, 6.07) is 72.7. The van der Waals surface area contributed by atoms with Crippen LogP contribution in [0.25, 0.3) is 94.1 Å². The van der Waals surface area contributed by atoms with Gasteiger partial charge in [-0.25, -0.2) is 0 Å². The summed E-state index contributed by atoms with van der Waals surface area (Å²) in [4.78, 5) is 0. The zero-order valence-corrected chi connectivity index (χ0v) is 36.8. The third kappa shape index (κ3) is 5.45. The molecule has 1 aliphatic heterocycles. The van der Waals surface area contributed by atoms with Crippen LogP contribution < -0.4 is 4.57 Å². The van der Waals surface area contributed by atoms with Gasteiger partial charge in [-0.2, -0.15) is 4.57 Å². The monoisotopic (exact) mass is 834 g/mol. The van der Waals surface area contributed by atoms with E-state index >= 15 is 0 Å². The second-order valence-corrected chi connectivity index (χ2v) is 18.2. The molecule has 0 fully saturated rings. The molecule has 0 saturated heterocycles. The molecule has 0 amide bonds. The highest BCUT2D eigenvalue weighted by Crippen LogP contribution is 2.49. The molecule has 310 valence electrons. The molecule has 3 heteroatoms. The van der Waals surface area contributed by atoms with Gasteiger partial charge in [-0.05, 0) is 118 Å². The summed E-state index contributed by atoms with van der Waals surface area (Å²) in [5.74, 6) is 0.194. The molecular weight excluding hydrogens is 787 g/mol. The summed E-state index contributed by atoms with van der Waals surface area (Å²) < 4.78 is 7.48. The number of nitrogens with zero attached hydrogens (tertiary/aromatic N) is 3. The first-order valence-corrected chi connectivity index (χ1v) is 23.2. The molecule has 0 bridgehead atoms. The Labute approximate surface area is 379 Å². The predicted octanol–water partition coefficient (Wildman–Crippen LogP) is 15.4. The van der Waals surface area contributed by atoms with Gasteiger partial charge in [0.25, 0.3) is 0 Å². The van der Waals surface area contributed by atoms with Crippen molar-refractivity contribution in [3.63, 3.8) is 0 Å². The van der Waals surface area contributed by atoms with Gasteiger partial charge >= 0.3 is 0 Å². The van der Waals surface area contributed by atoms with Crippen LogP contribution in [0.15, 0.2) is 207 Å². The van der Waals surface area contributed by atoms with Gasteiger partial charge in [-0.1, -0.05) is 136 Å². The molecule has 1 aliphatic carbocycles. The highest BCUT2D eigenvalue weighted by Gasteiger charge is 2.46. The van der Waals surface area contributed by atoms with E-state index in [0.717, 1.165) is 24.9 Å². The maximum Gasteiger partial charge on any atom is 0.213 e. The zero-order chi connectivity index (χ0) is 43.4. The second kappa shape index (κ2) is 14.4. The molecule has 0 spiro atoms. The van der Waals surface area contributed by atoms with Gasteiger partial charge in [0.15, 0.2) is 11.7 Å². The number of hydrogen-bond acceptors (Lipinski definition) is 0. The molecule has 0 radical (unpaired) electrons. The maximum atomic E-state index is 4.81. The SMILES string of the molecule is C=C1c2ccc(-n3c4ccc(-c5ccccc5)cc4c4cc5c(cc43)C(c3ccccc3)Cc3ccc(-n4c6ccccc6c6ccccc64)cc3-5)cc2-c2cccc[n+]2C1(CC)CC. The van der Waals surface area contributed by atoms with E-state index in [1.54, 1.807) is 0 Å². The van der Waals surface area contributed by atoms with E-state index in [4.69, 9.17) is 6.58 Å². The van der Waals surface area contributed by atoms with Crippen molar-refractivity contribution < 1.29 is 4.57 Å². The van der Waals surface area contributed by atoms with Crippen LogP contribution in [0, 0.1) is 0 Å². The summed E-state index contributed by atoms with van der Waals surface area (Å²) in [5, 5.41) is 5.06. The number of hydrogen-bond donors (Lipinski definition) is 0. The minimum atomic E-state index is -0.158. The third-order valence-electron chi connectivity index (χ3n) is 15.2. The third-order valence-corrected chi connectivity index (χ3v) is 15.2. The van der Waals surface area contributed by atoms with Crippen LogP contribution in [0.3, 0.4) is 0 Å². The van der Waals surface area contributed by atoms with Gasteiger partial charge in [0, 0.05) is 69.4 Å². The van der Waals surface area contributed by atoms with Crippen molar-refractivity contribution in [1.29, 1.82) is 0 Å². The molecule has 65 heavy (non-hydrogen) atoms. The van der Waals surface area contributed by atoms with Crippen molar-refractivity contribution in [3.8, 4) is 44.9 Å². The van der Waals surface area contributed by atoms with Crippen molar-refractivity contribution in [1.82, 2.24) is 9.13 Å². The number of fused-ring (bicyclic) bond motifs is 12. The van der Waals surface area contributed by atoms with Crippen molar-refractivity contribution >= 4 is 49.2 Å². The predicted molar refractivity (Wildman–Crippen MR) is 271 cm³/mol. The Kier molecular flexibility index (Phi) is 8.36. The Morgan fingerprint density at radius 2 is 1.11 bits per heavy atom. The second-order valence-electron chi connectivity index (χ2n) is 18.2. The molecule has 0 saturated carbocycles. The van der Waals surface area contributed by atoms with Crippen LogP contribution >= 0.6 is 0 Å². The van der Waals surface area contributed by atoms with Crippen LogP contribution in [-0.2, 0) is 12.0 Å². The van der Waals surface area contributed by atoms with Crippen LogP contribution in [0.5, 0.6) is 0 Å². The molecule has 1 unspecified atom stereocenters. The lowest BCUT2D eigenvalue weighted by Crippen LogP contribution is -2.59. The average Bonchev–Trinajstić information content (AvgIpc) is 3.88. The number of para-hydroxylation sites is 2. The average molecular weight is 835 g/mol. The van der Waals surface area contributed by atoms with E-state index in [1.165, 1.54) is 111 Å². The molecule has 13 rings (SSSR count). The molecular formula is C62H48N3+. The van der Waals surface area contributed by atoms with E-state index in [-0.39, 0.29) is 11.5 Å². The van der Waals surface area contributed by atoms with E-state index in [9.17, 15) is 0 Å². The van der Waals surface area contributed by atoms with Gasteiger partial charge < -0.3 is 9.13 Å². The lowest BCUT2D eigenvalue weighted by atomic mass is 9.75. The van der Waals surface area contributed by atoms with Crippen molar-refractivity contribution in [2.45, 2.75) is 44.6 Å². The minimum Gasteiger partial charge on any atom is -0.309 e. The first-order valence-electron chi connectivity index (χ1n) is 23.2. The highest BCUT2D eigenvalue weighted by atomic mass is 15.1. The van der Waals surface area contributed by atoms with E-state index in [2.05, 4.69) is 228 Å². The fraction of sp³-hybridized carbons (Fsp3) is 0.113. The van der Waals surface area contributed by atoms with Crippen molar-refractivity contribution in [2.75, 3.05) is 0 Å². The van der Waals surface area contributed by atoms with Crippen LogP contribution in [-0.4, -0.2) is 9.13 Å². The lowest BCUT2D eigenvalue weighted by Gasteiger charge is -2.35. The minimum absolute atomic E-state index is 0.158. The van der Waals surface area contributed by atoms with Gasteiger partial charge in [-0.15, -0.1) is 0 Å². The number of allylic oxidation sites excluding steroid dienone is 1. The summed E-state index contributed by atoms with van der Waals surface area (Å²) in [6.45, 7) is 9.40. The molecule has 3 aromatic heterocycles. The fourth-order valence-corrected chi connectivity index (χ4v) is 11.9. The summed E-state index contributed by atoms with van der Waals surface area (Å²) in [7, 11) is 0. The normalized spacial score (nSPS) is 15.0. The van der Waals surface area contributed by atoms with E-state index in [1.807, 2.05) is 0 Å². The van der Waals surface area contributed by atoms with Gasteiger partial charge in [0.05, 0.1) is 27.6 Å². The van der Waals surface area contributed by atoms with E-state index < -0.39 is 0 Å². The van der Waals surface area contributed by atoms with E-state index in [0.29, 0.717) is 0 Å². The Morgan fingerprint density at radius 1 is 0.492 bits per heavy atom. The molecule has 8 aromatic carbocycles. The molecule has 0 N–H and O–H groups in total. The molecule has 11 aromatic rings. The standard InChI is InChI=1S/C62H48N3/c1-4-62(5-2)40(3)47-31-30-46(37-55(47)57-24-16-17-33-63(57)62)65-60-32-28-43(41-18-8-6-9-19-41)34-54(60)56-38-52-51-36-45(64-58-25-14-12-22-48(58)49-23-13-15-26-59(49)64)29-27-44(51)35-50(53(52)39-61(56)65)42-20-10-7-11-21-42/h6-34,36-39,50H,3-5,35H2,1-2H3/q+1. The molecule has 4 heterocycles. The topological polar surface area (TPSA) is 13.7 Å². The summed E-state index contributed by atoms with van der Waals surface area (Å²) >= 11 is 0. The Hall–Kier alpha value is -7.75. The molecule has 1 atom stereocenters. The quantitative estimate of drug-likeness (QED) is 0.148. The fourth-order valence-electron chi connectivity index (χ4n) is 11.9. The van der Waals surface area contributed by atoms with Crippen LogP contribution in [0.2, 0.25) is 0 Å². The smallest absolute Gasteiger partial charge is 0.213 e. The van der Waals surface area contributed by atoms with Crippen molar-refractivity contribution in [2.24, 2.45) is 0 Å². The number of pyridine rings is 1. The number of rotatable bonds is 6. The molecule has 3 nitrogen and oxygen atoms in total. The Bertz CT molecular complexity index is 3680. The van der Waals surface area contributed by atoms with Crippen LogP contribution in [0.1, 0.15) is 54.9 Å². The van der Waals surface area contributed by atoms with Gasteiger partial charge in [-0.3, -0.25) is 0 Å². The van der Waals surface area contributed by atoms with Gasteiger partial charge in [0.1, 0.15) is 0 Å². The zero-order valence-electron chi connectivity index (χ0n) is 36.8. The lowest BCUT2D eigenvalue weighted by molar-refractivity contribution is -0.741. The Morgan fingerprint density at radius 3 is 1.85 bits per heavy atom.